The molecule has 4 heterocycles. The third-order valence-corrected chi connectivity index (χ3v) is 5.87. The van der Waals surface area contributed by atoms with E-state index in [1.165, 1.54) is 0 Å². The van der Waals surface area contributed by atoms with E-state index in [0.29, 0.717) is 5.88 Å². The SMILES string of the molecule is COc1cc2ccc(-c3nc(C)ccc3-c3cnn(CC4(C)CCOC4)c3)cc2nn1. The van der Waals surface area contributed by atoms with Crippen LogP contribution in [0.4, 0.5) is 0 Å². The number of pyridine rings is 1. The Labute approximate surface area is 181 Å². The lowest BCUT2D eigenvalue weighted by Crippen LogP contribution is -2.23. The van der Waals surface area contributed by atoms with Gasteiger partial charge >= 0.3 is 0 Å². The maximum Gasteiger partial charge on any atom is 0.233 e. The lowest BCUT2D eigenvalue weighted by Gasteiger charge is -2.21. The van der Waals surface area contributed by atoms with Gasteiger partial charge in [-0.15, -0.1) is 10.2 Å². The van der Waals surface area contributed by atoms with E-state index in [0.717, 1.165) is 65.2 Å². The van der Waals surface area contributed by atoms with Crippen LogP contribution in [0.3, 0.4) is 0 Å². The Morgan fingerprint density at radius 1 is 1.13 bits per heavy atom. The van der Waals surface area contributed by atoms with Crippen molar-refractivity contribution in [2.24, 2.45) is 5.41 Å². The van der Waals surface area contributed by atoms with E-state index >= 15 is 0 Å². The maximum absolute atomic E-state index is 5.59. The van der Waals surface area contributed by atoms with Gasteiger partial charge in [0, 0.05) is 58.6 Å². The van der Waals surface area contributed by atoms with Gasteiger partial charge in [-0.1, -0.05) is 25.1 Å². The van der Waals surface area contributed by atoms with Gasteiger partial charge in [0.25, 0.3) is 0 Å². The molecule has 158 valence electrons. The van der Waals surface area contributed by atoms with E-state index in [-0.39, 0.29) is 5.41 Å². The smallest absolute Gasteiger partial charge is 0.233 e. The Morgan fingerprint density at radius 2 is 2.03 bits per heavy atom. The van der Waals surface area contributed by atoms with Crippen molar-refractivity contribution in [2.45, 2.75) is 26.8 Å². The predicted octanol–water partition coefficient (Wildman–Crippen LogP) is 4.30. The Kier molecular flexibility index (Phi) is 4.90. The van der Waals surface area contributed by atoms with Crippen LogP contribution in [0.2, 0.25) is 0 Å². The second kappa shape index (κ2) is 7.74. The molecule has 1 unspecified atom stereocenters. The Hall–Kier alpha value is -3.32. The summed E-state index contributed by atoms with van der Waals surface area (Å²) in [6, 6.07) is 12.1. The van der Waals surface area contributed by atoms with Crippen LogP contribution in [0.25, 0.3) is 33.3 Å². The van der Waals surface area contributed by atoms with Gasteiger partial charge < -0.3 is 9.47 Å². The molecule has 0 radical (unpaired) electrons. The van der Waals surface area contributed by atoms with Crippen LogP contribution in [-0.2, 0) is 11.3 Å². The quantitative estimate of drug-likeness (QED) is 0.484. The zero-order valence-electron chi connectivity index (χ0n) is 18.0. The summed E-state index contributed by atoms with van der Waals surface area (Å²) in [5, 5.41) is 14.0. The summed E-state index contributed by atoms with van der Waals surface area (Å²) in [6.45, 7) is 6.71. The van der Waals surface area contributed by atoms with E-state index in [4.69, 9.17) is 14.5 Å². The topological polar surface area (TPSA) is 75.0 Å². The highest BCUT2D eigenvalue weighted by atomic mass is 16.5. The molecule has 1 atom stereocenters. The van der Waals surface area contributed by atoms with Gasteiger partial charge in [0.2, 0.25) is 5.88 Å². The molecule has 7 nitrogen and oxygen atoms in total. The number of methoxy groups -OCH3 is 1. The highest BCUT2D eigenvalue weighted by molar-refractivity contribution is 5.88. The van der Waals surface area contributed by atoms with Gasteiger partial charge in [-0.25, -0.2) is 0 Å². The minimum Gasteiger partial charge on any atom is -0.480 e. The first-order valence-electron chi connectivity index (χ1n) is 10.4. The van der Waals surface area contributed by atoms with Crippen molar-refractivity contribution < 1.29 is 9.47 Å². The standard InChI is InChI=1S/C24H25N5O2/c1-16-4-7-20(19-12-25-29(13-19)14-24(2)8-9-31-15-24)23(26-16)18-6-5-17-11-22(30-3)28-27-21(17)10-18/h4-7,10-13H,8-9,14-15H2,1-3H3. The van der Waals surface area contributed by atoms with E-state index in [2.05, 4.69) is 40.5 Å². The molecule has 1 aliphatic heterocycles. The number of aryl methyl sites for hydroxylation is 1. The lowest BCUT2D eigenvalue weighted by atomic mass is 9.90. The van der Waals surface area contributed by atoms with E-state index in [1.54, 1.807) is 7.11 Å². The van der Waals surface area contributed by atoms with Crippen molar-refractivity contribution >= 4 is 10.9 Å². The fourth-order valence-corrected chi connectivity index (χ4v) is 4.09. The second-order valence-corrected chi connectivity index (χ2v) is 8.55. The molecule has 7 heteroatoms. The summed E-state index contributed by atoms with van der Waals surface area (Å²) in [4.78, 5) is 4.86. The molecule has 0 N–H and O–H groups in total. The molecule has 0 spiro atoms. The molecule has 3 aromatic heterocycles. The predicted molar refractivity (Wildman–Crippen MR) is 119 cm³/mol. The van der Waals surface area contributed by atoms with E-state index < -0.39 is 0 Å². The van der Waals surface area contributed by atoms with Crippen molar-refractivity contribution in [3.8, 4) is 28.3 Å². The van der Waals surface area contributed by atoms with Crippen LogP contribution in [0.15, 0.2) is 48.8 Å². The summed E-state index contributed by atoms with van der Waals surface area (Å²) in [7, 11) is 1.59. The Balaban J connectivity index is 1.53. The number of hydrogen-bond donors (Lipinski definition) is 0. The van der Waals surface area contributed by atoms with Crippen molar-refractivity contribution in [2.75, 3.05) is 20.3 Å². The number of rotatable bonds is 5. The van der Waals surface area contributed by atoms with Gasteiger partial charge in [-0.3, -0.25) is 9.67 Å². The average Bonchev–Trinajstić information content (AvgIpc) is 3.42. The molecule has 31 heavy (non-hydrogen) atoms. The minimum atomic E-state index is 0.135. The number of benzene rings is 1. The number of aromatic nitrogens is 5. The molecule has 5 rings (SSSR count). The van der Waals surface area contributed by atoms with Crippen LogP contribution in [0.5, 0.6) is 5.88 Å². The molecule has 0 aliphatic carbocycles. The largest absolute Gasteiger partial charge is 0.480 e. The molecule has 4 aromatic rings. The van der Waals surface area contributed by atoms with Crippen LogP contribution in [0, 0.1) is 12.3 Å². The van der Waals surface area contributed by atoms with Crippen molar-refractivity contribution in [1.82, 2.24) is 25.0 Å². The van der Waals surface area contributed by atoms with Crippen LogP contribution < -0.4 is 4.74 Å². The number of ether oxygens (including phenoxy) is 2. The third kappa shape index (κ3) is 3.88. The summed E-state index contributed by atoms with van der Waals surface area (Å²) in [5.74, 6) is 0.503. The average molecular weight is 415 g/mol. The van der Waals surface area contributed by atoms with Crippen LogP contribution >= 0.6 is 0 Å². The van der Waals surface area contributed by atoms with Gasteiger partial charge in [0.05, 0.1) is 31.1 Å². The molecular weight excluding hydrogens is 390 g/mol. The maximum atomic E-state index is 5.59. The van der Waals surface area contributed by atoms with E-state index in [9.17, 15) is 0 Å². The zero-order chi connectivity index (χ0) is 21.4. The Bertz CT molecular complexity index is 1240. The number of hydrogen-bond acceptors (Lipinski definition) is 6. The van der Waals surface area contributed by atoms with Gasteiger partial charge in [-0.05, 0) is 25.5 Å². The zero-order valence-corrected chi connectivity index (χ0v) is 18.0. The first-order valence-corrected chi connectivity index (χ1v) is 10.4. The first-order chi connectivity index (χ1) is 15.0. The van der Waals surface area contributed by atoms with Crippen molar-refractivity contribution in [1.29, 1.82) is 0 Å². The molecular formula is C24H25N5O2. The molecule has 1 saturated heterocycles. The second-order valence-electron chi connectivity index (χ2n) is 8.55. The van der Waals surface area contributed by atoms with Gasteiger partial charge in [0.15, 0.2) is 0 Å². The lowest BCUT2D eigenvalue weighted by molar-refractivity contribution is 0.147. The molecule has 1 aliphatic rings. The monoisotopic (exact) mass is 415 g/mol. The first kappa shape index (κ1) is 19.6. The summed E-state index contributed by atoms with van der Waals surface area (Å²) >= 11 is 0. The van der Waals surface area contributed by atoms with Crippen molar-refractivity contribution in [3.63, 3.8) is 0 Å². The van der Waals surface area contributed by atoms with Crippen LogP contribution in [-0.4, -0.2) is 45.3 Å². The van der Waals surface area contributed by atoms with Gasteiger partial charge in [-0.2, -0.15) is 5.10 Å². The molecule has 0 amide bonds. The third-order valence-electron chi connectivity index (χ3n) is 5.87. The van der Waals surface area contributed by atoms with E-state index in [1.807, 2.05) is 42.1 Å². The minimum absolute atomic E-state index is 0.135. The number of fused-ring (bicyclic) bond motifs is 1. The van der Waals surface area contributed by atoms with Crippen LogP contribution in [0.1, 0.15) is 19.0 Å². The highest BCUT2D eigenvalue weighted by Gasteiger charge is 2.30. The molecule has 0 saturated carbocycles. The summed E-state index contributed by atoms with van der Waals surface area (Å²) in [5.41, 5.74) is 5.90. The summed E-state index contributed by atoms with van der Waals surface area (Å²) < 4.78 is 12.8. The molecule has 0 bridgehead atoms. The highest BCUT2D eigenvalue weighted by Crippen LogP contribution is 2.34. The normalized spacial score (nSPS) is 18.5. The fourth-order valence-electron chi connectivity index (χ4n) is 4.09. The van der Waals surface area contributed by atoms with Crippen molar-refractivity contribution in [3.05, 3.63) is 54.5 Å². The summed E-state index contributed by atoms with van der Waals surface area (Å²) in [6.07, 6.45) is 5.08. The fraction of sp³-hybridized carbons (Fsp3) is 0.333. The molecule has 1 aromatic carbocycles. The molecule has 1 fully saturated rings. The van der Waals surface area contributed by atoms with Gasteiger partial charge in [0.1, 0.15) is 0 Å². The number of nitrogens with zero attached hydrogens (tertiary/aromatic N) is 5. The Morgan fingerprint density at radius 3 is 2.84 bits per heavy atom.